The minimum absolute atomic E-state index is 0.0861. The third-order valence-electron chi connectivity index (χ3n) is 3.49. The number of nitrogens with zero attached hydrogens (tertiary/aromatic N) is 2. The number of carbonyl (C=O) groups excluding carboxylic acids is 1. The van der Waals surface area contributed by atoms with Crippen LogP contribution in [-0.2, 0) is 16.0 Å². The number of hydrogen-bond donors (Lipinski definition) is 0. The predicted molar refractivity (Wildman–Crippen MR) is 91.5 cm³/mol. The van der Waals surface area contributed by atoms with E-state index in [4.69, 9.17) is 4.74 Å². The highest BCUT2D eigenvalue weighted by atomic mass is 16.6. The van der Waals surface area contributed by atoms with Crippen molar-refractivity contribution in [3.63, 3.8) is 0 Å². The van der Waals surface area contributed by atoms with Gasteiger partial charge in [-0.25, -0.2) is 0 Å². The number of rotatable bonds is 6. The zero-order valence-corrected chi connectivity index (χ0v) is 14.3. The molecule has 0 bridgehead atoms. The van der Waals surface area contributed by atoms with Crippen molar-refractivity contribution in [3.05, 3.63) is 67.3 Å². The van der Waals surface area contributed by atoms with E-state index >= 15 is 0 Å². The van der Waals surface area contributed by atoms with Crippen molar-refractivity contribution in [2.24, 2.45) is 0 Å². The number of carbonyl (C=O) groups is 1. The fourth-order valence-electron chi connectivity index (χ4n) is 2.48. The van der Waals surface area contributed by atoms with Crippen LogP contribution in [0.15, 0.2) is 30.3 Å². The van der Waals surface area contributed by atoms with Crippen LogP contribution in [0.5, 0.6) is 11.5 Å². The molecule has 9 heteroatoms. The van der Waals surface area contributed by atoms with Crippen LogP contribution in [0.3, 0.4) is 0 Å². The third kappa shape index (κ3) is 4.32. The van der Waals surface area contributed by atoms with Gasteiger partial charge in [0.25, 0.3) is 5.75 Å². The van der Waals surface area contributed by atoms with E-state index in [0.717, 1.165) is 30.4 Å². The molecule has 0 radical (unpaired) electrons. The van der Waals surface area contributed by atoms with Crippen molar-refractivity contribution in [3.8, 4) is 11.5 Å². The highest BCUT2D eigenvalue weighted by Crippen LogP contribution is 2.41. The second kappa shape index (κ2) is 7.60. The van der Waals surface area contributed by atoms with Crippen LogP contribution in [0, 0.1) is 34.1 Å². The normalized spacial score (nSPS) is 10.3. The largest absolute Gasteiger partial charge is 0.469 e. The minimum atomic E-state index is -0.786. The van der Waals surface area contributed by atoms with Crippen LogP contribution >= 0.6 is 0 Å². The van der Waals surface area contributed by atoms with Crippen LogP contribution in [0.2, 0.25) is 0 Å². The first-order valence-electron chi connectivity index (χ1n) is 7.50. The van der Waals surface area contributed by atoms with Crippen molar-refractivity contribution >= 4 is 17.3 Å². The number of methoxy groups -OCH3 is 1. The van der Waals surface area contributed by atoms with E-state index in [-0.39, 0.29) is 17.7 Å². The Hall–Kier alpha value is -3.49. The summed E-state index contributed by atoms with van der Waals surface area (Å²) in [5.41, 5.74) is 0.567. The molecule has 0 aliphatic carbocycles. The number of ether oxygens (including phenoxy) is 2. The molecule has 9 nitrogen and oxygen atoms in total. The summed E-state index contributed by atoms with van der Waals surface area (Å²) in [6, 6.07) is 7.24. The summed E-state index contributed by atoms with van der Waals surface area (Å²) >= 11 is 0. The van der Waals surface area contributed by atoms with Gasteiger partial charge in [0, 0.05) is 12.1 Å². The van der Waals surface area contributed by atoms with Gasteiger partial charge >= 0.3 is 17.3 Å². The Morgan fingerprint density at radius 3 is 1.88 bits per heavy atom. The van der Waals surface area contributed by atoms with Gasteiger partial charge in [-0.1, -0.05) is 6.07 Å². The van der Waals surface area contributed by atoms with Crippen LogP contribution < -0.4 is 4.74 Å². The fraction of sp³-hybridized carbons (Fsp3) is 0.235. The Morgan fingerprint density at radius 2 is 1.46 bits per heavy atom. The number of aryl methyl sites for hydroxylation is 2. The minimum Gasteiger partial charge on any atom is -0.469 e. The SMILES string of the molecule is COC(=O)Cc1cc([N+](=O)[O-])c(Oc2cc(C)cc(C)c2)c([N+](=O)[O-])c1. The van der Waals surface area contributed by atoms with E-state index in [1.165, 1.54) is 0 Å². The number of nitro benzene ring substituents is 2. The van der Waals surface area contributed by atoms with Crippen molar-refractivity contribution in [2.75, 3.05) is 7.11 Å². The van der Waals surface area contributed by atoms with Crippen molar-refractivity contribution in [1.29, 1.82) is 0 Å². The molecule has 0 aliphatic heterocycles. The average Bonchev–Trinajstić information content (AvgIpc) is 2.54. The number of hydrogen-bond acceptors (Lipinski definition) is 7. The fourth-order valence-corrected chi connectivity index (χ4v) is 2.48. The standard InChI is InChI=1S/C17H16N2O7/c1-10-4-11(2)6-13(5-10)26-17-14(18(21)22)7-12(9-16(20)25-3)8-15(17)19(23)24/h4-8H,9H2,1-3H3. The van der Waals surface area contributed by atoms with E-state index in [1.807, 2.05) is 19.9 Å². The Balaban J connectivity index is 2.60. The zero-order chi connectivity index (χ0) is 19.4. The molecule has 26 heavy (non-hydrogen) atoms. The monoisotopic (exact) mass is 360 g/mol. The summed E-state index contributed by atoms with van der Waals surface area (Å²) in [7, 11) is 1.16. The van der Waals surface area contributed by atoms with Crippen LogP contribution in [0.1, 0.15) is 16.7 Å². The maximum atomic E-state index is 11.4. The lowest BCUT2D eigenvalue weighted by molar-refractivity contribution is -0.395. The van der Waals surface area contributed by atoms with Crippen molar-refractivity contribution < 1.29 is 24.1 Å². The van der Waals surface area contributed by atoms with Gasteiger partial charge in [-0.05, 0) is 42.7 Å². The summed E-state index contributed by atoms with van der Waals surface area (Å²) in [5.74, 6) is -0.912. The summed E-state index contributed by atoms with van der Waals surface area (Å²) < 4.78 is 10.0. The Bertz CT molecular complexity index is 837. The Labute approximate surface area is 148 Å². The number of esters is 1. The van der Waals surface area contributed by atoms with Crippen LogP contribution in [0.25, 0.3) is 0 Å². The Kier molecular flexibility index (Phi) is 5.51. The summed E-state index contributed by atoms with van der Waals surface area (Å²) in [4.78, 5) is 32.7. The molecule has 0 amide bonds. The highest BCUT2D eigenvalue weighted by Gasteiger charge is 2.30. The smallest absolute Gasteiger partial charge is 0.319 e. The molecule has 0 saturated carbocycles. The van der Waals surface area contributed by atoms with Crippen LogP contribution in [0.4, 0.5) is 11.4 Å². The van der Waals surface area contributed by atoms with Gasteiger partial charge in [0.2, 0.25) is 0 Å². The molecule has 2 rings (SSSR count). The quantitative estimate of drug-likeness (QED) is 0.438. The van der Waals surface area contributed by atoms with Gasteiger partial charge in [-0.15, -0.1) is 0 Å². The highest BCUT2D eigenvalue weighted by molar-refractivity contribution is 5.74. The van der Waals surface area contributed by atoms with E-state index in [1.54, 1.807) is 12.1 Å². The third-order valence-corrected chi connectivity index (χ3v) is 3.49. The maximum absolute atomic E-state index is 11.4. The number of nitro groups is 2. The molecule has 2 aromatic rings. The summed E-state index contributed by atoms with van der Waals surface area (Å²) in [6.07, 6.45) is -0.331. The lowest BCUT2D eigenvalue weighted by Crippen LogP contribution is -2.07. The molecule has 0 aliphatic rings. The van der Waals surface area contributed by atoms with Crippen molar-refractivity contribution in [1.82, 2.24) is 0 Å². The topological polar surface area (TPSA) is 122 Å². The first-order chi connectivity index (χ1) is 12.2. The van der Waals surface area contributed by atoms with Crippen molar-refractivity contribution in [2.45, 2.75) is 20.3 Å². The van der Waals surface area contributed by atoms with Gasteiger partial charge in [0.1, 0.15) is 5.75 Å². The van der Waals surface area contributed by atoms with E-state index in [0.29, 0.717) is 0 Å². The predicted octanol–water partition coefficient (Wildman–Crippen LogP) is 3.63. The molecule has 0 fully saturated rings. The molecule has 0 aromatic heterocycles. The summed E-state index contributed by atoms with van der Waals surface area (Å²) in [5, 5.41) is 22.8. The van der Waals surface area contributed by atoms with E-state index in [9.17, 15) is 25.0 Å². The maximum Gasteiger partial charge on any atom is 0.319 e. The van der Waals surface area contributed by atoms with Gasteiger partial charge in [0.15, 0.2) is 0 Å². The second-order valence-corrected chi connectivity index (χ2v) is 5.66. The first-order valence-corrected chi connectivity index (χ1v) is 7.50. The number of benzene rings is 2. The molecule has 2 aromatic carbocycles. The zero-order valence-electron chi connectivity index (χ0n) is 14.3. The summed E-state index contributed by atoms with van der Waals surface area (Å²) in [6.45, 7) is 3.62. The molecule has 0 N–H and O–H groups in total. The second-order valence-electron chi connectivity index (χ2n) is 5.66. The molecule has 0 spiro atoms. The van der Waals surface area contributed by atoms with E-state index < -0.39 is 32.9 Å². The van der Waals surface area contributed by atoms with Gasteiger partial charge in [-0.2, -0.15) is 0 Å². The lowest BCUT2D eigenvalue weighted by Gasteiger charge is -2.10. The van der Waals surface area contributed by atoms with Gasteiger partial charge in [-0.3, -0.25) is 25.0 Å². The molecule has 0 atom stereocenters. The van der Waals surface area contributed by atoms with E-state index in [2.05, 4.69) is 4.74 Å². The molecule has 0 saturated heterocycles. The molecular formula is C17H16N2O7. The van der Waals surface area contributed by atoms with Gasteiger partial charge < -0.3 is 9.47 Å². The molecular weight excluding hydrogens is 344 g/mol. The average molecular weight is 360 g/mol. The molecule has 0 unspecified atom stereocenters. The molecule has 0 heterocycles. The first kappa shape index (κ1) is 18.8. The lowest BCUT2D eigenvalue weighted by atomic mass is 10.1. The Morgan fingerprint density at radius 1 is 0.962 bits per heavy atom. The molecule has 136 valence electrons. The van der Waals surface area contributed by atoms with Gasteiger partial charge in [0.05, 0.1) is 23.4 Å². The van der Waals surface area contributed by atoms with Crippen LogP contribution in [-0.4, -0.2) is 22.9 Å².